The number of thioether (sulfide) groups is 1. The Hall–Kier alpha value is -3.37. The summed E-state index contributed by atoms with van der Waals surface area (Å²) in [6.45, 7) is 11.0. The third-order valence-corrected chi connectivity index (χ3v) is 5.56. The number of hydrogen-bond acceptors (Lipinski definition) is 12. The molecule has 0 aliphatic rings. The van der Waals surface area contributed by atoms with E-state index >= 15 is 0 Å². The average Bonchev–Trinajstić information content (AvgIpc) is 2.90. The number of nitriles is 1. The molecule has 0 amide bonds. The molecule has 0 spiro atoms. The molecule has 0 rings (SSSR count). The number of nitrogens with zero attached hydrogens (tertiary/aromatic N) is 1. The summed E-state index contributed by atoms with van der Waals surface area (Å²) < 4.78 is 25.9. The van der Waals surface area contributed by atoms with Crippen LogP contribution >= 0.6 is 24.0 Å². The summed E-state index contributed by atoms with van der Waals surface area (Å²) in [5, 5.41) is 13.1. The van der Waals surface area contributed by atoms with E-state index in [0.29, 0.717) is 25.8 Å². The second kappa shape index (κ2) is 19.8. The molecule has 0 radical (unpaired) electrons. The van der Waals surface area contributed by atoms with Gasteiger partial charge in [0.15, 0.2) is 0 Å². The number of carbonyl (C=O) groups is 4. The zero-order chi connectivity index (χ0) is 28.1. The van der Waals surface area contributed by atoms with Crippen molar-refractivity contribution < 1.29 is 42.9 Å². The van der Waals surface area contributed by atoms with Gasteiger partial charge in [-0.25, -0.2) is 14.4 Å². The Morgan fingerprint density at radius 2 is 1.41 bits per heavy atom. The monoisotopic (exact) mass is 556 g/mol. The van der Waals surface area contributed by atoms with Gasteiger partial charge in [0, 0.05) is 24.8 Å². The van der Waals surface area contributed by atoms with Crippen molar-refractivity contribution in [1.29, 1.82) is 5.26 Å². The maximum Gasteiger partial charge on any atom is 0.330 e. The molecule has 0 fully saturated rings. The predicted octanol–water partition coefficient (Wildman–Crippen LogP) is 2.37. The highest BCUT2D eigenvalue weighted by atomic mass is 32.2. The number of carbonyl (C=O) groups excluding carboxylic acids is 4. The van der Waals surface area contributed by atoms with Crippen molar-refractivity contribution in [2.24, 2.45) is 5.41 Å². The van der Waals surface area contributed by atoms with Gasteiger partial charge in [-0.1, -0.05) is 19.7 Å². The van der Waals surface area contributed by atoms with Crippen molar-refractivity contribution in [2.75, 3.05) is 39.6 Å². The quantitative estimate of drug-likeness (QED) is 0.0620. The summed E-state index contributed by atoms with van der Waals surface area (Å²) in [4.78, 5) is 46.8. The molecular weight excluding hydrogens is 524 g/mol. The van der Waals surface area contributed by atoms with Crippen LogP contribution in [-0.4, -0.2) is 73.9 Å². The molecule has 0 aromatic carbocycles. The van der Waals surface area contributed by atoms with Crippen LogP contribution in [0.5, 0.6) is 0 Å². The fraction of sp³-hybridized carbons (Fsp3) is 0.500. The Balaban J connectivity index is 5.04. The number of unbranched alkanes of at least 4 members (excludes halogenated alkanes) is 1. The topological polar surface area (TPSA) is 150 Å². The molecule has 0 aliphatic carbocycles. The first kappa shape index (κ1) is 33.6. The molecule has 11 nitrogen and oxygen atoms in total. The third-order valence-electron chi connectivity index (χ3n) is 4.48. The van der Waals surface area contributed by atoms with E-state index in [1.54, 1.807) is 6.92 Å². The lowest BCUT2D eigenvalue weighted by Gasteiger charge is -2.31. The zero-order valence-electron chi connectivity index (χ0n) is 20.7. The van der Waals surface area contributed by atoms with Gasteiger partial charge in [-0.2, -0.15) is 5.26 Å². The summed E-state index contributed by atoms with van der Waals surface area (Å²) in [7, 11) is 0. The van der Waals surface area contributed by atoms with Gasteiger partial charge >= 0.3 is 23.9 Å². The van der Waals surface area contributed by atoms with Crippen molar-refractivity contribution in [3.63, 3.8) is 0 Å². The minimum Gasteiger partial charge on any atom is -0.470 e. The number of hydrogen-bond donors (Lipinski definition) is 1. The smallest absolute Gasteiger partial charge is 0.330 e. The van der Waals surface area contributed by atoms with Crippen LogP contribution < -0.4 is 5.32 Å². The Morgan fingerprint density at radius 1 is 0.919 bits per heavy atom. The van der Waals surface area contributed by atoms with Gasteiger partial charge in [0.05, 0.1) is 6.61 Å². The van der Waals surface area contributed by atoms with Crippen molar-refractivity contribution in [3.8, 4) is 5.40 Å². The van der Waals surface area contributed by atoms with Gasteiger partial charge in [0.1, 0.15) is 42.5 Å². The Morgan fingerprint density at radius 3 is 1.84 bits per heavy atom. The lowest BCUT2D eigenvalue weighted by atomic mass is 9.92. The third kappa shape index (κ3) is 15.4. The summed E-state index contributed by atoms with van der Waals surface area (Å²) in [5.41, 5.74) is -1.30. The minimum atomic E-state index is -1.30. The van der Waals surface area contributed by atoms with Crippen molar-refractivity contribution >= 4 is 53.0 Å². The maximum atomic E-state index is 11.9. The molecule has 1 atom stereocenters. The molecule has 0 bridgehead atoms. The van der Waals surface area contributed by atoms with E-state index in [1.807, 2.05) is 5.40 Å². The normalized spacial score (nSPS) is 11.0. The second-order valence-electron chi connectivity index (χ2n) is 7.38. The van der Waals surface area contributed by atoms with Gasteiger partial charge in [-0.05, 0) is 50.2 Å². The van der Waals surface area contributed by atoms with Gasteiger partial charge in [-0.3, -0.25) is 4.79 Å². The summed E-state index contributed by atoms with van der Waals surface area (Å²) in [6, 6.07) is 0. The first-order chi connectivity index (χ1) is 17.7. The largest absolute Gasteiger partial charge is 0.470 e. The molecular formula is C24H32N2O9S2. The van der Waals surface area contributed by atoms with Crippen LogP contribution in [0.15, 0.2) is 38.0 Å². The highest BCUT2D eigenvalue weighted by Crippen LogP contribution is 2.22. The number of nitrogens with one attached hydrogen (secondary N) is 1. The van der Waals surface area contributed by atoms with Gasteiger partial charge in [0.25, 0.3) is 5.17 Å². The molecule has 0 aromatic heterocycles. The number of thiocyanates is 1. The second-order valence-corrected chi connectivity index (χ2v) is 8.74. The fourth-order valence-electron chi connectivity index (χ4n) is 2.54. The Kier molecular flexibility index (Phi) is 18.0. The number of ether oxygens (including phenoxy) is 5. The van der Waals surface area contributed by atoms with E-state index in [0.717, 1.165) is 30.0 Å². The van der Waals surface area contributed by atoms with Crippen LogP contribution in [0.2, 0.25) is 0 Å². The Labute approximate surface area is 226 Å². The summed E-state index contributed by atoms with van der Waals surface area (Å²) in [5.74, 6) is -2.66. The lowest BCUT2D eigenvalue weighted by molar-refractivity contribution is -0.158. The van der Waals surface area contributed by atoms with Crippen molar-refractivity contribution in [2.45, 2.75) is 31.4 Å². The molecule has 0 aromatic rings. The first-order valence-electron chi connectivity index (χ1n) is 11.2. The molecule has 37 heavy (non-hydrogen) atoms. The van der Waals surface area contributed by atoms with Gasteiger partial charge in [-0.15, -0.1) is 0 Å². The molecule has 204 valence electrons. The van der Waals surface area contributed by atoms with Crippen LogP contribution in [0.1, 0.15) is 26.2 Å². The fourth-order valence-corrected chi connectivity index (χ4v) is 3.28. The standard InChI is InChI=1S/C24H32N2O9S2/c1-5-19(27)32-13-24(14-33-20(28)6-2,15-34-21(29)7-3)16-35-23(36)26-12-10-9-11-18(37-17-25)22(30)31-8-4/h5-7,18H,1-3,8-16H2,4H3,(H,26,36). The molecule has 1 unspecified atom stereocenters. The molecule has 0 aliphatic heterocycles. The molecule has 13 heteroatoms. The van der Waals surface area contributed by atoms with Gasteiger partial charge in [0.2, 0.25) is 0 Å². The maximum absolute atomic E-state index is 11.9. The molecule has 0 saturated heterocycles. The molecule has 1 N–H and O–H groups in total. The van der Waals surface area contributed by atoms with Crippen LogP contribution in [0.4, 0.5) is 0 Å². The lowest BCUT2D eigenvalue weighted by Crippen LogP contribution is -2.44. The number of rotatable bonds is 19. The Bertz CT molecular complexity index is 811. The van der Waals surface area contributed by atoms with E-state index in [1.165, 1.54) is 0 Å². The number of esters is 4. The summed E-state index contributed by atoms with van der Waals surface area (Å²) >= 11 is 6.05. The van der Waals surface area contributed by atoms with Crippen molar-refractivity contribution in [3.05, 3.63) is 38.0 Å². The van der Waals surface area contributed by atoms with E-state index in [4.69, 9.17) is 41.2 Å². The van der Waals surface area contributed by atoms with Crippen LogP contribution in [-0.2, 0) is 42.9 Å². The first-order valence-corrected chi connectivity index (χ1v) is 12.4. The van der Waals surface area contributed by atoms with Crippen LogP contribution in [0.3, 0.4) is 0 Å². The van der Waals surface area contributed by atoms with Crippen LogP contribution in [0, 0.1) is 16.1 Å². The molecule has 0 saturated carbocycles. The van der Waals surface area contributed by atoms with E-state index in [-0.39, 0.29) is 38.2 Å². The highest BCUT2D eigenvalue weighted by molar-refractivity contribution is 8.04. The van der Waals surface area contributed by atoms with Crippen molar-refractivity contribution in [1.82, 2.24) is 5.32 Å². The summed E-state index contributed by atoms with van der Waals surface area (Å²) in [6.07, 6.45) is 4.53. The van der Waals surface area contributed by atoms with E-state index in [9.17, 15) is 19.2 Å². The van der Waals surface area contributed by atoms with Gasteiger partial charge < -0.3 is 29.0 Å². The van der Waals surface area contributed by atoms with E-state index < -0.39 is 34.5 Å². The van der Waals surface area contributed by atoms with Crippen LogP contribution in [0.25, 0.3) is 0 Å². The zero-order valence-corrected chi connectivity index (χ0v) is 22.4. The number of thiocarbonyl (C=S) groups is 1. The highest BCUT2D eigenvalue weighted by Gasteiger charge is 2.37. The predicted molar refractivity (Wildman–Crippen MR) is 140 cm³/mol. The molecule has 0 heterocycles. The minimum absolute atomic E-state index is 0.00198. The average molecular weight is 557 g/mol. The SMILES string of the molecule is C=CC(=O)OCC(COC(=O)C=C)(COC(=O)C=C)COC(=S)NCCCCC(SC#N)C(=O)OCC. The van der Waals surface area contributed by atoms with E-state index in [2.05, 4.69) is 25.1 Å².